The first kappa shape index (κ1) is 15.3. The molecule has 1 aliphatic carbocycles. The minimum Gasteiger partial charge on any atom is -0.392 e. The predicted octanol–water partition coefficient (Wildman–Crippen LogP) is 2.53. The van der Waals surface area contributed by atoms with E-state index < -0.39 is 0 Å². The summed E-state index contributed by atoms with van der Waals surface area (Å²) in [4.78, 5) is 2.56. The Hall–Kier alpha value is -0.120. The minimum atomic E-state index is -0.135. The van der Waals surface area contributed by atoms with E-state index in [-0.39, 0.29) is 11.5 Å². The molecule has 3 atom stereocenters. The lowest BCUT2D eigenvalue weighted by Crippen LogP contribution is -2.47. The van der Waals surface area contributed by atoms with Crippen molar-refractivity contribution >= 4 is 0 Å². The molecule has 0 aromatic rings. The molecule has 1 heterocycles. The van der Waals surface area contributed by atoms with Crippen LogP contribution in [-0.2, 0) is 4.74 Å². The van der Waals surface area contributed by atoms with Crippen molar-refractivity contribution in [3.8, 4) is 0 Å². The van der Waals surface area contributed by atoms with E-state index in [0.717, 1.165) is 26.1 Å². The van der Waals surface area contributed by atoms with Crippen LogP contribution >= 0.6 is 0 Å². The van der Waals surface area contributed by atoms with E-state index in [2.05, 4.69) is 18.7 Å². The molecule has 0 aromatic heterocycles. The van der Waals surface area contributed by atoms with Gasteiger partial charge in [0.05, 0.1) is 12.7 Å². The second kappa shape index (κ2) is 6.55. The summed E-state index contributed by atoms with van der Waals surface area (Å²) in [5, 5.41) is 10.5. The Morgan fingerprint density at radius 3 is 2.79 bits per heavy atom. The number of aliphatic hydroxyl groups is 1. The maximum atomic E-state index is 10.5. The lowest BCUT2D eigenvalue weighted by molar-refractivity contribution is -0.0476. The van der Waals surface area contributed by atoms with E-state index in [9.17, 15) is 5.11 Å². The van der Waals surface area contributed by atoms with E-state index in [4.69, 9.17) is 4.74 Å². The van der Waals surface area contributed by atoms with Gasteiger partial charge in [0.1, 0.15) is 0 Å². The fourth-order valence-electron chi connectivity index (χ4n) is 3.98. The Kier molecular flexibility index (Phi) is 5.27. The van der Waals surface area contributed by atoms with Crippen LogP contribution in [0.2, 0.25) is 0 Å². The quantitative estimate of drug-likeness (QED) is 0.851. The molecule has 3 heteroatoms. The predicted molar refractivity (Wildman–Crippen MR) is 78.2 cm³/mol. The monoisotopic (exact) mass is 269 g/mol. The highest BCUT2D eigenvalue weighted by Gasteiger charge is 2.38. The molecule has 0 aromatic carbocycles. The van der Waals surface area contributed by atoms with E-state index in [0.29, 0.717) is 11.8 Å². The summed E-state index contributed by atoms with van der Waals surface area (Å²) < 4.78 is 5.30. The maximum Gasteiger partial charge on any atom is 0.0631 e. The summed E-state index contributed by atoms with van der Waals surface area (Å²) in [6.45, 7) is 8.74. The van der Waals surface area contributed by atoms with Crippen molar-refractivity contribution in [3.63, 3.8) is 0 Å². The van der Waals surface area contributed by atoms with Crippen molar-refractivity contribution in [1.29, 1.82) is 0 Å². The average Bonchev–Trinajstić information content (AvgIpc) is 2.36. The number of ether oxygens (including phenoxy) is 1. The molecule has 19 heavy (non-hydrogen) atoms. The number of hydrogen-bond donors (Lipinski definition) is 1. The summed E-state index contributed by atoms with van der Waals surface area (Å²) in [5.74, 6) is 1.15. The average molecular weight is 269 g/mol. The highest BCUT2D eigenvalue weighted by atomic mass is 16.5. The fraction of sp³-hybridized carbons (Fsp3) is 1.00. The van der Waals surface area contributed by atoms with Gasteiger partial charge in [-0.1, -0.05) is 20.3 Å². The molecular weight excluding hydrogens is 238 g/mol. The van der Waals surface area contributed by atoms with Gasteiger partial charge in [-0.15, -0.1) is 0 Å². The zero-order valence-electron chi connectivity index (χ0n) is 12.9. The number of piperidine rings is 1. The van der Waals surface area contributed by atoms with Gasteiger partial charge in [0.25, 0.3) is 0 Å². The van der Waals surface area contributed by atoms with E-state index in [1.165, 1.54) is 32.2 Å². The molecule has 2 rings (SSSR count). The summed E-state index contributed by atoms with van der Waals surface area (Å²) >= 11 is 0. The van der Waals surface area contributed by atoms with Gasteiger partial charge >= 0.3 is 0 Å². The second-order valence-corrected chi connectivity index (χ2v) is 7.31. The molecule has 2 fully saturated rings. The summed E-state index contributed by atoms with van der Waals surface area (Å²) in [7, 11) is 1.80. The Labute approximate surface area is 118 Å². The molecule has 3 nitrogen and oxygen atoms in total. The zero-order valence-corrected chi connectivity index (χ0v) is 12.9. The number of nitrogens with zero attached hydrogens (tertiary/aromatic N) is 1. The van der Waals surface area contributed by atoms with Crippen LogP contribution in [0.4, 0.5) is 0 Å². The Balaban J connectivity index is 1.86. The zero-order chi connectivity index (χ0) is 13.9. The lowest BCUT2D eigenvalue weighted by atomic mass is 9.69. The molecule has 1 saturated heterocycles. The van der Waals surface area contributed by atoms with E-state index in [1.807, 2.05) is 0 Å². The smallest absolute Gasteiger partial charge is 0.0631 e. The number of rotatable bonds is 4. The normalized spacial score (nSPS) is 36.3. The first-order valence-corrected chi connectivity index (χ1v) is 7.92. The van der Waals surface area contributed by atoms with Gasteiger partial charge in [-0.05, 0) is 49.5 Å². The molecule has 1 saturated carbocycles. The van der Waals surface area contributed by atoms with Crippen molar-refractivity contribution in [1.82, 2.24) is 4.90 Å². The third kappa shape index (κ3) is 3.93. The van der Waals surface area contributed by atoms with Gasteiger partial charge in [0.2, 0.25) is 0 Å². The van der Waals surface area contributed by atoms with Crippen LogP contribution in [0, 0.1) is 17.3 Å². The van der Waals surface area contributed by atoms with Crippen molar-refractivity contribution in [2.45, 2.75) is 52.1 Å². The highest BCUT2D eigenvalue weighted by Crippen LogP contribution is 2.39. The van der Waals surface area contributed by atoms with Gasteiger partial charge in [0, 0.05) is 20.2 Å². The molecule has 1 N–H and O–H groups in total. The first-order chi connectivity index (χ1) is 9.03. The van der Waals surface area contributed by atoms with Crippen LogP contribution in [0.5, 0.6) is 0 Å². The molecule has 0 spiro atoms. The third-order valence-corrected chi connectivity index (χ3v) is 5.14. The van der Waals surface area contributed by atoms with Crippen LogP contribution in [0.25, 0.3) is 0 Å². The summed E-state index contributed by atoms with van der Waals surface area (Å²) in [6.07, 6.45) is 6.06. The van der Waals surface area contributed by atoms with Crippen LogP contribution < -0.4 is 0 Å². The number of aliphatic hydroxyl groups excluding tert-OH is 1. The molecule has 0 amide bonds. The summed E-state index contributed by atoms with van der Waals surface area (Å²) in [5.41, 5.74) is 0.102. The third-order valence-electron chi connectivity index (χ3n) is 5.14. The number of likely N-dealkylation sites (tertiary alicyclic amines) is 1. The van der Waals surface area contributed by atoms with Gasteiger partial charge in [-0.3, -0.25) is 0 Å². The van der Waals surface area contributed by atoms with Crippen molar-refractivity contribution < 1.29 is 9.84 Å². The molecule has 112 valence electrons. The van der Waals surface area contributed by atoms with Gasteiger partial charge in [0.15, 0.2) is 0 Å². The first-order valence-electron chi connectivity index (χ1n) is 7.92. The Morgan fingerprint density at radius 1 is 1.26 bits per heavy atom. The molecule has 0 bridgehead atoms. The van der Waals surface area contributed by atoms with Crippen molar-refractivity contribution in [3.05, 3.63) is 0 Å². The number of hydrogen-bond acceptors (Lipinski definition) is 3. The van der Waals surface area contributed by atoms with Gasteiger partial charge in [-0.25, -0.2) is 0 Å². The summed E-state index contributed by atoms with van der Waals surface area (Å²) in [6, 6.07) is 0. The number of methoxy groups -OCH3 is 1. The topological polar surface area (TPSA) is 32.7 Å². The van der Waals surface area contributed by atoms with Gasteiger partial charge in [-0.2, -0.15) is 0 Å². The fourth-order valence-corrected chi connectivity index (χ4v) is 3.98. The second-order valence-electron chi connectivity index (χ2n) is 7.31. The SMILES string of the molecule is COCC1CCCN(CC2CCCC(C)(C)C2O)C1. The molecule has 3 unspecified atom stereocenters. The molecule has 2 aliphatic rings. The van der Waals surface area contributed by atoms with E-state index >= 15 is 0 Å². The molecule has 0 radical (unpaired) electrons. The molecular formula is C16H31NO2. The highest BCUT2D eigenvalue weighted by molar-refractivity contribution is 4.90. The Morgan fingerprint density at radius 2 is 2.05 bits per heavy atom. The van der Waals surface area contributed by atoms with Crippen molar-refractivity contribution in [2.75, 3.05) is 33.4 Å². The van der Waals surface area contributed by atoms with Crippen LogP contribution in [0.1, 0.15) is 46.0 Å². The van der Waals surface area contributed by atoms with Crippen LogP contribution in [0.3, 0.4) is 0 Å². The van der Waals surface area contributed by atoms with Crippen LogP contribution in [0.15, 0.2) is 0 Å². The minimum absolute atomic E-state index is 0.102. The van der Waals surface area contributed by atoms with Crippen LogP contribution in [-0.4, -0.2) is 49.5 Å². The Bertz CT molecular complexity index is 278. The van der Waals surface area contributed by atoms with Gasteiger partial charge < -0.3 is 14.7 Å². The maximum absolute atomic E-state index is 10.5. The standard InChI is InChI=1S/C16H31NO2/c1-16(2)8-4-7-14(15(16)18)11-17-9-5-6-13(10-17)12-19-3/h13-15,18H,4-12H2,1-3H3. The lowest BCUT2D eigenvalue weighted by Gasteiger charge is -2.43. The molecule has 1 aliphatic heterocycles. The van der Waals surface area contributed by atoms with E-state index in [1.54, 1.807) is 7.11 Å². The largest absolute Gasteiger partial charge is 0.392 e. The van der Waals surface area contributed by atoms with Crippen molar-refractivity contribution in [2.24, 2.45) is 17.3 Å².